The highest BCUT2D eigenvalue weighted by molar-refractivity contribution is 5.75. The van der Waals surface area contributed by atoms with Crippen LogP contribution in [-0.2, 0) is 6.54 Å². The van der Waals surface area contributed by atoms with E-state index < -0.39 is 0 Å². The number of likely N-dealkylation sites (tertiary alicyclic amines) is 1. The average molecular weight is 290 g/mol. The van der Waals surface area contributed by atoms with Crippen LogP contribution in [0.2, 0.25) is 0 Å². The summed E-state index contributed by atoms with van der Waals surface area (Å²) in [5, 5.41) is 9.66. The Morgan fingerprint density at radius 3 is 2.71 bits per heavy atom. The first-order valence-electron chi connectivity index (χ1n) is 7.10. The van der Waals surface area contributed by atoms with Gasteiger partial charge in [-0.3, -0.25) is 9.89 Å². The molecule has 1 fully saturated rings. The van der Waals surface area contributed by atoms with Crippen molar-refractivity contribution in [3.05, 3.63) is 42.0 Å². The highest BCUT2D eigenvalue weighted by Gasteiger charge is 2.21. The fourth-order valence-corrected chi connectivity index (χ4v) is 2.30. The lowest BCUT2D eigenvalue weighted by Crippen LogP contribution is -2.26. The maximum Gasteiger partial charge on any atom is 0.185 e. The second kappa shape index (κ2) is 8.32. The zero-order chi connectivity index (χ0) is 15.8. The second-order valence-electron chi connectivity index (χ2n) is 5.19. The van der Waals surface area contributed by atoms with Gasteiger partial charge < -0.3 is 16.6 Å². The molecule has 1 aliphatic rings. The van der Waals surface area contributed by atoms with E-state index in [1.54, 1.807) is 0 Å². The van der Waals surface area contributed by atoms with Gasteiger partial charge in [-0.05, 0) is 43.5 Å². The summed E-state index contributed by atoms with van der Waals surface area (Å²) in [7, 11) is 1.54. The standard InChI is InChI=1S/C14H19NO.C2H7N3/c1-3-13-5-4-8-15(13)10-12-7-6-11(2)14(16)9-12;1-5-2(3)4/h3,6-7,9,13,16H,1,4-5,8,10H2,2H3;1H3,(H4,3,4,5). The van der Waals surface area contributed by atoms with Crippen molar-refractivity contribution in [1.29, 1.82) is 0 Å². The fraction of sp³-hybridized carbons (Fsp3) is 0.438. The van der Waals surface area contributed by atoms with Crippen molar-refractivity contribution in [2.24, 2.45) is 16.5 Å². The van der Waals surface area contributed by atoms with Gasteiger partial charge in [0.2, 0.25) is 0 Å². The van der Waals surface area contributed by atoms with Gasteiger partial charge in [0, 0.05) is 19.6 Å². The van der Waals surface area contributed by atoms with Crippen molar-refractivity contribution in [2.75, 3.05) is 13.6 Å². The summed E-state index contributed by atoms with van der Waals surface area (Å²) in [6.45, 7) is 7.83. The number of aromatic hydroxyl groups is 1. The largest absolute Gasteiger partial charge is 0.508 e. The van der Waals surface area contributed by atoms with E-state index >= 15 is 0 Å². The van der Waals surface area contributed by atoms with E-state index in [0.29, 0.717) is 11.8 Å². The van der Waals surface area contributed by atoms with Crippen LogP contribution in [0.5, 0.6) is 5.75 Å². The van der Waals surface area contributed by atoms with Gasteiger partial charge in [0.25, 0.3) is 0 Å². The van der Waals surface area contributed by atoms with Crippen LogP contribution in [0.4, 0.5) is 0 Å². The number of nitrogens with two attached hydrogens (primary N) is 2. The molecule has 0 amide bonds. The molecule has 1 atom stereocenters. The van der Waals surface area contributed by atoms with Crippen molar-refractivity contribution >= 4 is 5.96 Å². The monoisotopic (exact) mass is 290 g/mol. The highest BCUT2D eigenvalue weighted by atomic mass is 16.3. The minimum Gasteiger partial charge on any atom is -0.508 e. The predicted molar refractivity (Wildman–Crippen MR) is 88.2 cm³/mol. The number of aliphatic imine (C=N–C) groups is 1. The summed E-state index contributed by atoms with van der Waals surface area (Å²) in [6, 6.07) is 6.44. The molecule has 5 nitrogen and oxygen atoms in total. The van der Waals surface area contributed by atoms with Gasteiger partial charge in [-0.15, -0.1) is 6.58 Å². The Bertz CT molecular complexity index is 495. The smallest absolute Gasteiger partial charge is 0.185 e. The van der Waals surface area contributed by atoms with E-state index in [2.05, 4.69) is 22.5 Å². The van der Waals surface area contributed by atoms with Crippen LogP contribution in [0, 0.1) is 6.92 Å². The Morgan fingerprint density at radius 2 is 2.19 bits per heavy atom. The molecule has 0 bridgehead atoms. The predicted octanol–water partition coefficient (Wildman–Crippen LogP) is 1.74. The minimum absolute atomic E-state index is 0.130. The van der Waals surface area contributed by atoms with Crippen LogP contribution in [0.15, 0.2) is 35.8 Å². The quantitative estimate of drug-likeness (QED) is 0.449. The van der Waals surface area contributed by atoms with E-state index in [1.807, 2.05) is 25.1 Å². The molecule has 5 N–H and O–H groups in total. The van der Waals surface area contributed by atoms with Crippen LogP contribution < -0.4 is 11.5 Å². The summed E-state index contributed by atoms with van der Waals surface area (Å²) in [6.07, 6.45) is 4.48. The maximum atomic E-state index is 9.66. The molecule has 1 unspecified atom stereocenters. The molecule has 0 radical (unpaired) electrons. The lowest BCUT2D eigenvalue weighted by molar-refractivity contribution is 0.281. The van der Waals surface area contributed by atoms with Crippen molar-refractivity contribution in [3.8, 4) is 5.75 Å². The van der Waals surface area contributed by atoms with Crippen LogP contribution in [0.25, 0.3) is 0 Å². The summed E-state index contributed by atoms with van der Waals surface area (Å²) in [5.74, 6) is 0.525. The number of phenolic OH excluding ortho intramolecular Hbond substituents is 1. The molecule has 21 heavy (non-hydrogen) atoms. The van der Waals surface area contributed by atoms with Gasteiger partial charge in [-0.25, -0.2) is 0 Å². The van der Waals surface area contributed by atoms with Crippen molar-refractivity contribution in [3.63, 3.8) is 0 Å². The van der Waals surface area contributed by atoms with Gasteiger partial charge in [0.05, 0.1) is 0 Å². The summed E-state index contributed by atoms with van der Waals surface area (Å²) < 4.78 is 0. The van der Waals surface area contributed by atoms with Crippen molar-refractivity contribution < 1.29 is 5.11 Å². The molecule has 1 heterocycles. The first kappa shape index (κ1) is 17.0. The molecule has 2 rings (SSSR count). The minimum atomic E-state index is 0.130. The maximum absolute atomic E-state index is 9.66. The number of aryl methyl sites for hydroxylation is 1. The number of guanidine groups is 1. The lowest BCUT2D eigenvalue weighted by atomic mass is 10.1. The third-order valence-electron chi connectivity index (χ3n) is 3.60. The third-order valence-corrected chi connectivity index (χ3v) is 3.60. The Balaban J connectivity index is 0.000000383. The number of rotatable bonds is 3. The molecule has 0 aromatic heterocycles. The van der Waals surface area contributed by atoms with Gasteiger partial charge in [0.15, 0.2) is 5.96 Å². The molecule has 1 aliphatic heterocycles. The zero-order valence-electron chi connectivity index (χ0n) is 12.9. The van der Waals surface area contributed by atoms with Crippen LogP contribution in [0.1, 0.15) is 24.0 Å². The number of hydrogen-bond acceptors (Lipinski definition) is 3. The van der Waals surface area contributed by atoms with Gasteiger partial charge >= 0.3 is 0 Å². The molecule has 1 aromatic carbocycles. The number of nitrogens with zero attached hydrogens (tertiary/aromatic N) is 2. The topological polar surface area (TPSA) is 87.9 Å². The fourth-order valence-electron chi connectivity index (χ4n) is 2.30. The van der Waals surface area contributed by atoms with E-state index in [-0.39, 0.29) is 5.96 Å². The van der Waals surface area contributed by atoms with Crippen LogP contribution >= 0.6 is 0 Å². The van der Waals surface area contributed by atoms with E-state index in [0.717, 1.165) is 18.7 Å². The Kier molecular flexibility index (Phi) is 6.75. The molecular weight excluding hydrogens is 264 g/mol. The summed E-state index contributed by atoms with van der Waals surface area (Å²) >= 11 is 0. The number of benzene rings is 1. The Hall–Kier alpha value is -2.01. The Labute approximate surface area is 127 Å². The SMILES string of the molecule is C=CC1CCCN1Cc1ccc(C)c(O)c1.CN=C(N)N. The Morgan fingerprint density at radius 1 is 1.52 bits per heavy atom. The average Bonchev–Trinajstić information content (AvgIpc) is 2.90. The second-order valence-corrected chi connectivity index (χ2v) is 5.19. The molecule has 5 heteroatoms. The molecule has 0 spiro atoms. The van der Waals surface area contributed by atoms with Gasteiger partial charge in [-0.2, -0.15) is 0 Å². The summed E-state index contributed by atoms with van der Waals surface area (Å²) in [4.78, 5) is 5.77. The van der Waals surface area contributed by atoms with Gasteiger partial charge in [0.1, 0.15) is 5.75 Å². The van der Waals surface area contributed by atoms with E-state index in [4.69, 9.17) is 11.5 Å². The van der Waals surface area contributed by atoms with Crippen LogP contribution in [-0.4, -0.2) is 35.6 Å². The first-order chi connectivity index (χ1) is 9.97. The molecule has 1 saturated heterocycles. The van der Waals surface area contributed by atoms with E-state index in [1.165, 1.54) is 25.5 Å². The van der Waals surface area contributed by atoms with Crippen LogP contribution in [0.3, 0.4) is 0 Å². The van der Waals surface area contributed by atoms with E-state index in [9.17, 15) is 5.11 Å². The first-order valence-corrected chi connectivity index (χ1v) is 7.10. The van der Waals surface area contributed by atoms with Crippen molar-refractivity contribution in [2.45, 2.75) is 32.4 Å². The highest BCUT2D eigenvalue weighted by Crippen LogP contribution is 2.23. The number of hydrogen-bond donors (Lipinski definition) is 3. The molecule has 0 aliphatic carbocycles. The van der Waals surface area contributed by atoms with Gasteiger partial charge in [-0.1, -0.05) is 18.2 Å². The summed E-state index contributed by atoms with van der Waals surface area (Å²) in [5.41, 5.74) is 11.8. The molecule has 1 aromatic rings. The molecule has 0 saturated carbocycles. The molecular formula is C16H26N4O. The lowest BCUT2D eigenvalue weighted by Gasteiger charge is -2.21. The normalized spacial score (nSPS) is 17.7. The molecule has 116 valence electrons. The number of phenols is 1. The third kappa shape index (κ3) is 5.47. The van der Waals surface area contributed by atoms with Crippen molar-refractivity contribution in [1.82, 2.24) is 4.90 Å². The zero-order valence-corrected chi connectivity index (χ0v) is 12.9.